The van der Waals surface area contributed by atoms with E-state index in [-0.39, 0.29) is 5.76 Å². The van der Waals surface area contributed by atoms with Crippen molar-refractivity contribution in [1.82, 2.24) is 0 Å². The Labute approximate surface area is 115 Å². The highest BCUT2D eigenvalue weighted by Gasteiger charge is 2.21. The number of ether oxygens (including phenoxy) is 1. The molecule has 0 saturated heterocycles. The van der Waals surface area contributed by atoms with Crippen molar-refractivity contribution in [3.8, 4) is 5.75 Å². The normalized spacial score (nSPS) is 10.3. The molecule has 0 fully saturated rings. The van der Waals surface area contributed by atoms with Crippen molar-refractivity contribution >= 4 is 11.7 Å². The van der Waals surface area contributed by atoms with Crippen LogP contribution in [0, 0.1) is 17.0 Å². The van der Waals surface area contributed by atoms with Crippen LogP contribution in [0.1, 0.15) is 28.6 Å². The lowest BCUT2D eigenvalue weighted by atomic mass is 10.0. The summed E-state index contributed by atoms with van der Waals surface area (Å²) in [5.74, 6) is -0.547. The van der Waals surface area contributed by atoms with Gasteiger partial charge < -0.3 is 9.15 Å². The highest BCUT2D eigenvalue weighted by atomic mass is 16.6. The second-order valence-corrected chi connectivity index (χ2v) is 4.16. The van der Waals surface area contributed by atoms with Crippen LogP contribution in [-0.2, 0) is 0 Å². The van der Waals surface area contributed by atoms with Crippen LogP contribution in [-0.4, -0.2) is 17.3 Å². The van der Waals surface area contributed by atoms with Crippen LogP contribution in [0.3, 0.4) is 0 Å². The lowest BCUT2D eigenvalue weighted by molar-refractivity contribution is -0.402. The average molecular weight is 275 g/mol. The predicted molar refractivity (Wildman–Crippen MR) is 71.1 cm³/mol. The molecule has 1 aromatic carbocycles. The molecule has 2 rings (SSSR count). The molecule has 0 aliphatic carbocycles. The minimum Gasteiger partial charge on any atom is -0.493 e. The number of carbonyl (C=O) groups is 1. The lowest BCUT2D eigenvalue weighted by Crippen LogP contribution is -2.05. The standard InChI is InChI=1S/C14H13NO5/c1-3-19-11-5-4-9(2)8-10(11)14(16)12-6-7-13(20-12)15(17)18/h4-8H,3H2,1-2H3. The van der Waals surface area contributed by atoms with E-state index in [2.05, 4.69) is 0 Å². The van der Waals surface area contributed by atoms with Crippen molar-refractivity contribution in [2.24, 2.45) is 0 Å². The Balaban J connectivity index is 2.41. The third kappa shape index (κ3) is 2.69. The smallest absolute Gasteiger partial charge is 0.433 e. The van der Waals surface area contributed by atoms with Crippen LogP contribution in [0.15, 0.2) is 34.7 Å². The summed E-state index contributed by atoms with van der Waals surface area (Å²) in [6.45, 7) is 4.07. The topological polar surface area (TPSA) is 82.6 Å². The monoisotopic (exact) mass is 275 g/mol. The number of nitro groups is 1. The molecular formula is C14H13NO5. The van der Waals surface area contributed by atoms with Gasteiger partial charge in [-0.15, -0.1) is 0 Å². The summed E-state index contributed by atoms with van der Waals surface area (Å²) in [5.41, 5.74) is 1.22. The van der Waals surface area contributed by atoms with Crippen LogP contribution in [0.5, 0.6) is 5.75 Å². The van der Waals surface area contributed by atoms with E-state index in [1.54, 1.807) is 12.1 Å². The number of furan rings is 1. The first kappa shape index (κ1) is 13.8. The summed E-state index contributed by atoms with van der Waals surface area (Å²) in [5, 5.41) is 10.6. The Morgan fingerprint density at radius 1 is 1.35 bits per heavy atom. The van der Waals surface area contributed by atoms with Gasteiger partial charge in [0.05, 0.1) is 18.2 Å². The predicted octanol–water partition coefficient (Wildman–Crippen LogP) is 3.13. The van der Waals surface area contributed by atoms with E-state index in [0.717, 1.165) is 11.6 Å². The van der Waals surface area contributed by atoms with Crippen molar-refractivity contribution < 1.29 is 18.9 Å². The van der Waals surface area contributed by atoms with Crippen LogP contribution in [0.4, 0.5) is 5.88 Å². The van der Waals surface area contributed by atoms with E-state index in [0.29, 0.717) is 17.9 Å². The Kier molecular flexibility index (Phi) is 3.84. The quantitative estimate of drug-likeness (QED) is 0.475. The Morgan fingerprint density at radius 3 is 2.70 bits per heavy atom. The first-order valence-electron chi connectivity index (χ1n) is 6.05. The average Bonchev–Trinajstić information content (AvgIpc) is 2.90. The van der Waals surface area contributed by atoms with E-state index in [1.165, 1.54) is 6.07 Å². The minimum atomic E-state index is -0.684. The van der Waals surface area contributed by atoms with Crippen molar-refractivity contribution in [3.05, 3.63) is 57.3 Å². The molecule has 104 valence electrons. The van der Waals surface area contributed by atoms with Gasteiger partial charge in [-0.1, -0.05) is 11.6 Å². The maximum Gasteiger partial charge on any atom is 0.433 e. The largest absolute Gasteiger partial charge is 0.493 e. The molecule has 1 aromatic heterocycles. The van der Waals surface area contributed by atoms with Crippen molar-refractivity contribution in [2.45, 2.75) is 13.8 Å². The molecule has 20 heavy (non-hydrogen) atoms. The molecule has 0 unspecified atom stereocenters. The molecule has 0 N–H and O–H groups in total. The van der Waals surface area contributed by atoms with Gasteiger partial charge in [0.25, 0.3) is 0 Å². The summed E-state index contributed by atoms with van der Waals surface area (Å²) in [4.78, 5) is 22.2. The van der Waals surface area contributed by atoms with Crippen LogP contribution in [0.2, 0.25) is 0 Å². The number of rotatable bonds is 5. The Bertz CT molecular complexity index is 659. The van der Waals surface area contributed by atoms with E-state index in [1.807, 2.05) is 19.9 Å². The van der Waals surface area contributed by atoms with Gasteiger partial charge in [-0.3, -0.25) is 14.9 Å². The molecule has 0 saturated carbocycles. The molecule has 0 aliphatic rings. The molecule has 0 amide bonds. The molecule has 6 heteroatoms. The zero-order valence-electron chi connectivity index (χ0n) is 11.1. The molecule has 0 aliphatic heterocycles. The molecule has 1 heterocycles. The van der Waals surface area contributed by atoms with Gasteiger partial charge >= 0.3 is 5.88 Å². The second-order valence-electron chi connectivity index (χ2n) is 4.16. The lowest BCUT2D eigenvalue weighted by Gasteiger charge is -2.09. The fourth-order valence-corrected chi connectivity index (χ4v) is 1.78. The Hall–Kier alpha value is -2.63. The third-order valence-electron chi connectivity index (χ3n) is 2.68. The van der Waals surface area contributed by atoms with Gasteiger partial charge in [0, 0.05) is 0 Å². The van der Waals surface area contributed by atoms with E-state index < -0.39 is 16.6 Å². The minimum absolute atomic E-state index is 0.0803. The molecule has 2 aromatic rings. The van der Waals surface area contributed by atoms with Crippen LogP contribution >= 0.6 is 0 Å². The van der Waals surface area contributed by atoms with Crippen molar-refractivity contribution in [3.63, 3.8) is 0 Å². The fourth-order valence-electron chi connectivity index (χ4n) is 1.78. The van der Waals surface area contributed by atoms with Crippen LogP contribution < -0.4 is 4.74 Å². The van der Waals surface area contributed by atoms with Gasteiger partial charge in [-0.25, -0.2) is 0 Å². The third-order valence-corrected chi connectivity index (χ3v) is 2.68. The van der Waals surface area contributed by atoms with Crippen molar-refractivity contribution in [2.75, 3.05) is 6.61 Å². The van der Waals surface area contributed by atoms with Gasteiger partial charge in [-0.2, -0.15) is 0 Å². The highest BCUT2D eigenvalue weighted by Crippen LogP contribution is 2.25. The fraction of sp³-hybridized carbons (Fsp3) is 0.214. The highest BCUT2D eigenvalue weighted by molar-refractivity contribution is 6.09. The molecule has 0 atom stereocenters. The first-order chi connectivity index (χ1) is 9.52. The maximum absolute atomic E-state index is 12.3. The molecule has 6 nitrogen and oxygen atoms in total. The zero-order chi connectivity index (χ0) is 14.7. The number of benzene rings is 1. The van der Waals surface area contributed by atoms with E-state index >= 15 is 0 Å². The number of nitrogens with zero attached hydrogens (tertiary/aromatic N) is 1. The first-order valence-corrected chi connectivity index (χ1v) is 6.05. The SMILES string of the molecule is CCOc1ccc(C)cc1C(=O)c1ccc([N+](=O)[O-])o1. The Morgan fingerprint density at radius 2 is 2.10 bits per heavy atom. The molecule has 0 radical (unpaired) electrons. The maximum atomic E-state index is 12.3. The summed E-state index contributed by atoms with van der Waals surface area (Å²) in [6.07, 6.45) is 0. The van der Waals surface area contributed by atoms with E-state index in [4.69, 9.17) is 9.15 Å². The number of carbonyl (C=O) groups excluding carboxylic acids is 1. The number of ketones is 1. The summed E-state index contributed by atoms with van der Waals surface area (Å²) in [7, 11) is 0. The van der Waals surface area contributed by atoms with Crippen LogP contribution in [0.25, 0.3) is 0 Å². The van der Waals surface area contributed by atoms with Gasteiger partial charge in [0.2, 0.25) is 5.78 Å². The second kappa shape index (κ2) is 5.56. The zero-order valence-corrected chi connectivity index (χ0v) is 11.1. The summed E-state index contributed by atoms with van der Waals surface area (Å²) >= 11 is 0. The van der Waals surface area contributed by atoms with Gasteiger partial charge in [0.1, 0.15) is 10.7 Å². The molecule has 0 bridgehead atoms. The van der Waals surface area contributed by atoms with E-state index in [9.17, 15) is 14.9 Å². The molecular weight excluding hydrogens is 262 g/mol. The number of hydrogen-bond acceptors (Lipinski definition) is 5. The van der Waals surface area contributed by atoms with Gasteiger partial charge in [-0.05, 0) is 32.0 Å². The van der Waals surface area contributed by atoms with Gasteiger partial charge in [0.15, 0.2) is 5.76 Å². The van der Waals surface area contributed by atoms with Crippen molar-refractivity contribution in [1.29, 1.82) is 0 Å². The summed E-state index contributed by atoms with van der Waals surface area (Å²) in [6, 6.07) is 7.64. The molecule has 0 spiro atoms. The number of hydrogen-bond donors (Lipinski definition) is 0. The number of aryl methyl sites for hydroxylation is 1. The summed E-state index contributed by atoms with van der Waals surface area (Å²) < 4.78 is 10.3.